The number of halogens is 1. The molecule has 122 valence electrons. The van der Waals surface area contributed by atoms with Gasteiger partial charge in [0.25, 0.3) is 0 Å². The molecule has 0 bridgehead atoms. The molecule has 0 aliphatic carbocycles. The topological polar surface area (TPSA) is 73.4 Å². The number of likely N-dealkylation sites (N-methyl/N-ethyl adjacent to an activating group) is 1. The number of nitrogens with zero attached hydrogens (tertiary/aromatic N) is 7. The van der Waals surface area contributed by atoms with Crippen molar-refractivity contribution < 1.29 is 4.39 Å². The first-order valence-electron chi connectivity index (χ1n) is 7.77. The molecule has 8 heteroatoms. The Bertz CT molecular complexity index is 980. The summed E-state index contributed by atoms with van der Waals surface area (Å²) in [4.78, 5) is 13.2. The minimum Gasteiger partial charge on any atom is -0.338 e. The molecule has 7 nitrogen and oxygen atoms in total. The van der Waals surface area contributed by atoms with E-state index in [0.717, 1.165) is 26.2 Å². The number of benzene rings is 1. The summed E-state index contributed by atoms with van der Waals surface area (Å²) < 4.78 is 16.0. The molecule has 1 aromatic carbocycles. The van der Waals surface area contributed by atoms with Crippen molar-refractivity contribution in [1.29, 1.82) is 5.26 Å². The summed E-state index contributed by atoms with van der Waals surface area (Å²) in [5.74, 6) is 0.676. The summed E-state index contributed by atoms with van der Waals surface area (Å²) in [7, 11) is 2.07. The van der Waals surface area contributed by atoms with Crippen LogP contribution >= 0.6 is 0 Å². The molecule has 0 spiro atoms. The highest BCUT2D eigenvalue weighted by Crippen LogP contribution is 2.28. The maximum Gasteiger partial charge on any atom is 0.229 e. The van der Waals surface area contributed by atoms with Crippen LogP contribution in [0.25, 0.3) is 16.6 Å². The fraction of sp³-hybridized carbons (Fsp3) is 0.375. The van der Waals surface area contributed by atoms with E-state index in [9.17, 15) is 9.65 Å². The second-order valence-corrected chi connectivity index (χ2v) is 6.03. The van der Waals surface area contributed by atoms with E-state index in [1.165, 1.54) is 12.1 Å². The number of nitriles is 1. The molecule has 2 aromatic heterocycles. The summed E-state index contributed by atoms with van der Waals surface area (Å²) in [5.41, 5.74) is 0.992. The molecule has 0 saturated carbocycles. The van der Waals surface area contributed by atoms with Gasteiger partial charge < -0.3 is 9.80 Å². The van der Waals surface area contributed by atoms with E-state index in [1.54, 1.807) is 11.4 Å². The van der Waals surface area contributed by atoms with Crippen LogP contribution in [0.2, 0.25) is 0 Å². The molecule has 0 N–H and O–H groups in total. The van der Waals surface area contributed by atoms with E-state index < -0.39 is 5.82 Å². The summed E-state index contributed by atoms with van der Waals surface area (Å²) in [6.07, 6.45) is 0. The van der Waals surface area contributed by atoms with E-state index in [2.05, 4.69) is 38.0 Å². The van der Waals surface area contributed by atoms with Crippen molar-refractivity contribution in [2.45, 2.75) is 6.92 Å². The van der Waals surface area contributed by atoms with Gasteiger partial charge >= 0.3 is 0 Å². The maximum absolute atomic E-state index is 14.4. The average Bonchev–Trinajstić information content (AvgIpc) is 2.97. The van der Waals surface area contributed by atoms with Gasteiger partial charge in [0.05, 0.1) is 17.0 Å². The van der Waals surface area contributed by atoms with Crippen LogP contribution < -0.4 is 4.90 Å². The first-order valence-corrected chi connectivity index (χ1v) is 7.77. The zero-order chi connectivity index (χ0) is 16.8. The minimum atomic E-state index is -0.456. The lowest BCUT2D eigenvalue weighted by molar-refractivity contribution is 0.310. The smallest absolute Gasteiger partial charge is 0.229 e. The largest absolute Gasteiger partial charge is 0.338 e. The Balaban J connectivity index is 2.03. The first-order chi connectivity index (χ1) is 11.6. The highest BCUT2D eigenvalue weighted by molar-refractivity contribution is 5.97. The molecule has 24 heavy (non-hydrogen) atoms. The zero-order valence-electron chi connectivity index (χ0n) is 13.5. The number of hydrogen-bond acceptors (Lipinski definition) is 6. The second kappa shape index (κ2) is 5.39. The summed E-state index contributed by atoms with van der Waals surface area (Å²) >= 11 is 0. The summed E-state index contributed by atoms with van der Waals surface area (Å²) in [6, 6.07) is 4.83. The molecule has 1 aliphatic heterocycles. The number of piperazine rings is 1. The molecular formula is C16H16FN7. The van der Waals surface area contributed by atoms with Crippen LogP contribution in [0.5, 0.6) is 0 Å². The highest BCUT2D eigenvalue weighted by Gasteiger charge is 2.23. The maximum atomic E-state index is 14.4. The van der Waals surface area contributed by atoms with E-state index >= 15 is 0 Å². The van der Waals surface area contributed by atoms with Crippen LogP contribution in [0, 0.1) is 24.1 Å². The van der Waals surface area contributed by atoms with Gasteiger partial charge in [-0.2, -0.15) is 9.78 Å². The fourth-order valence-corrected chi connectivity index (χ4v) is 3.07. The SMILES string of the molecule is Cc1nc2c3c(C#N)ccc(F)c3nc(N3CCN(C)CC3)n2n1. The lowest BCUT2D eigenvalue weighted by Crippen LogP contribution is -2.45. The van der Waals surface area contributed by atoms with Crippen molar-refractivity contribution >= 4 is 22.5 Å². The van der Waals surface area contributed by atoms with Crippen LogP contribution in [0.4, 0.5) is 10.3 Å². The Kier molecular flexibility index (Phi) is 3.32. The Morgan fingerprint density at radius 1 is 1.17 bits per heavy atom. The number of aromatic nitrogens is 4. The number of hydrogen-bond donors (Lipinski definition) is 0. The van der Waals surface area contributed by atoms with Crippen LogP contribution in [0.1, 0.15) is 11.4 Å². The molecular weight excluding hydrogens is 309 g/mol. The summed E-state index contributed by atoms with van der Waals surface area (Å²) in [6.45, 7) is 5.13. The van der Waals surface area contributed by atoms with Crippen molar-refractivity contribution in [3.63, 3.8) is 0 Å². The molecule has 3 aromatic rings. The van der Waals surface area contributed by atoms with Crippen molar-refractivity contribution in [1.82, 2.24) is 24.5 Å². The van der Waals surface area contributed by atoms with Crippen molar-refractivity contribution in [2.75, 3.05) is 38.1 Å². The quantitative estimate of drug-likeness (QED) is 0.672. The molecule has 0 atom stereocenters. The average molecular weight is 325 g/mol. The van der Waals surface area contributed by atoms with E-state index in [1.807, 2.05) is 0 Å². The Morgan fingerprint density at radius 2 is 1.92 bits per heavy atom. The van der Waals surface area contributed by atoms with Gasteiger partial charge in [0, 0.05) is 26.2 Å². The zero-order valence-corrected chi connectivity index (χ0v) is 13.5. The van der Waals surface area contributed by atoms with Gasteiger partial charge in [-0.1, -0.05) is 0 Å². The van der Waals surface area contributed by atoms with Crippen molar-refractivity contribution in [3.05, 3.63) is 29.3 Å². The lowest BCUT2D eigenvalue weighted by atomic mass is 10.1. The highest BCUT2D eigenvalue weighted by atomic mass is 19.1. The predicted molar refractivity (Wildman–Crippen MR) is 87.4 cm³/mol. The van der Waals surface area contributed by atoms with Crippen molar-refractivity contribution in [2.24, 2.45) is 0 Å². The molecule has 3 heterocycles. The molecule has 0 amide bonds. The molecule has 0 radical (unpaired) electrons. The van der Waals surface area contributed by atoms with Gasteiger partial charge in [0.1, 0.15) is 17.2 Å². The van der Waals surface area contributed by atoms with Gasteiger partial charge in [-0.3, -0.25) is 0 Å². The number of anilines is 1. The standard InChI is InChI=1S/C16H16FN7/c1-10-19-15-13-11(9-18)3-4-12(17)14(13)20-16(24(15)21-10)23-7-5-22(2)6-8-23/h3-4H,5-8H2,1-2H3. The van der Waals surface area contributed by atoms with Gasteiger partial charge in [-0.25, -0.2) is 14.4 Å². The Labute approximate surface area is 137 Å². The molecule has 1 saturated heterocycles. The number of aryl methyl sites for hydroxylation is 1. The van der Waals surface area contributed by atoms with Crippen molar-refractivity contribution in [3.8, 4) is 6.07 Å². The lowest BCUT2D eigenvalue weighted by Gasteiger charge is -2.33. The minimum absolute atomic E-state index is 0.169. The van der Waals surface area contributed by atoms with Crippen LogP contribution in [-0.2, 0) is 0 Å². The van der Waals surface area contributed by atoms with Gasteiger partial charge in [0.2, 0.25) is 5.95 Å². The van der Waals surface area contributed by atoms with E-state index in [0.29, 0.717) is 28.4 Å². The third-order valence-corrected chi connectivity index (χ3v) is 4.37. The van der Waals surface area contributed by atoms with Gasteiger partial charge in [0.15, 0.2) is 5.65 Å². The fourth-order valence-electron chi connectivity index (χ4n) is 3.07. The van der Waals surface area contributed by atoms with Crippen LogP contribution in [0.15, 0.2) is 12.1 Å². The predicted octanol–water partition coefficient (Wildman–Crippen LogP) is 1.35. The number of rotatable bonds is 1. The van der Waals surface area contributed by atoms with Crippen LogP contribution in [-0.4, -0.2) is 57.7 Å². The third kappa shape index (κ3) is 2.17. The van der Waals surface area contributed by atoms with E-state index in [-0.39, 0.29) is 5.52 Å². The van der Waals surface area contributed by atoms with Gasteiger partial charge in [-0.05, 0) is 26.1 Å². The van der Waals surface area contributed by atoms with E-state index in [4.69, 9.17) is 0 Å². The molecule has 4 rings (SSSR count). The number of fused-ring (bicyclic) bond motifs is 3. The van der Waals surface area contributed by atoms with Crippen LogP contribution in [0.3, 0.4) is 0 Å². The Morgan fingerprint density at radius 3 is 2.62 bits per heavy atom. The monoisotopic (exact) mass is 325 g/mol. The second-order valence-electron chi connectivity index (χ2n) is 6.03. The molecule has 1 aliphatic rings. The normalized spacial score (nSPS) is 16.0. The summed E-state index contributed by atoms with van der Waals surface area (Å²) in [5, 5.41) is 14.2. The van der Waals surface area contributed by atoms with Gasteiger partial charge in [-0.15, -0.1) is 5.10 Å². The molecule has 0 unspecified atom stereocenters. The molecule has 1 fully saturated rings. The Hall–Kier alpha value is -2.79. The first kappa shape index (κ1) is 14.8. The third-order valence-electron chi connectivity index (χ3n) is 4.37.